The van der Waals surface area contributed by atoms with Crippen molar-refractivity contribution in [2.75, 3.05) is 6.54 Å². The van der Waals surface area contributed by atoms with Gasteiger partial charge in [-0.1, -0.05) is 13.8 Å². The zero-order valence-electron chi connectivity index (χ0n) is 11.4. The van der Waals surface area contributed by atoms with E-state index < -0.39 is 15.6 Å². The number of thiophene rings is 1. The number of aryl methyl sites for hydroxylation is 1. The molecule has 0 fully saturated rings. The van der Waals surface area contributed by atoms with Gasteiger partial charge in [-0.2, -0.15) is 0 Å². The Morgan fingerprint density at radius 3 is 2.44 bits per heavy atom. The van der Waals surface area contributed by atoms with E-state index in [0.29, 0.717) is 16.5 Å². The molecule has 0 aliphatic heterocycles. The van der Waals surface area contributed by atoms with Crippen molar-refractivity contribution in [2.45, 2.75) is 43.9 Å². The topological polar surface area (TPSA) is 72.2 Å². The van der Waals surface area contributed by atoms with Gasteiger partial charge >= 0.3 is 0 Å². The molecule has 0 aliphatic carbocycles. The molecule has 0 unspecified atom stereocenters. The highest BCUT2D eigenvalue weighted by molar-refractivity contribution is 7.91. The summed E-state index contributed by atoms with van der Waals surface area (Å²) < 4.78 is 27.6. The van der Waals surface area contributed by atoms with E-state index in [-0.39, 0.29) is 6.54 Å². The van der Waals surface area contributed by atoms with Crippen molar-refractivity contribution in [3.63, 3.8) is 0 Å². The van der Waals surface area contributed by atoms with E-state index in [1.807, 2.05) is 19.9 Å². The standard InChI is InChI=1S/C12H22N2O2S2/c1-9(2)7-12(4,8-13)14-18(15,16)11-6-5-10(3)17-11/h5-6,9,14H,7-8,13H2,1-4H3/t12-/m0/s1. The van der Waals surface area contributed by atoms with Gasteiger partial charge in [-0.05, 0) is 38.3 Å². The van der Waals surface area contributed by atoms with E-state index in [1.54, 1.807) is 6.07 Å². The second-order valence-corrected chi connectivity index (χ2v) is 8.53. The third kappa shape index (κ3) is 4.05. The van der Waals surface area contributed by atoms with Gasteiger partial charge in [0.2, 0.25) is 0 Å². The normalized spacial score (nSPS) is 15.9. The number of hydrogen-bond acceptors (Lipinski definition) is 4. The minimum atomic E-state index is -3.47. The van der Waals surface area contributed by atoms with Gasteiger partial charge in [0.15, 0.2) is 0 Å². The third-order valence-electron chi connectivity index (χ3n) is 2.67. The van der Waals surface area contributed by atoms with Gasteiger partial charge in [0.25, 0.3) is 10.0 Å². The minimum absolute atomic E-state index is 0.286. The Balaban J connectivity index is 2.94. The average molecular weight is 290 g/mol. The summed E-state index contributed by atoms with van der Waals surface area (Å²) in [7, 11) is -3.47. The smallest absolute Gasteiger partial charge is 0.250 e. The van der Waals surface area contributed by atoms with E-state index in [9.17, 15) is 8.42 Å². The SMILES string of the molecule is Cc1ccc(S(=O)(=O)N[C@](C)(CN)CC(C)C)s1. The number of nitrogens with two attached hydrogens (primary N) is 1. The Kier molecular flexibility index (Phi) is 4.94. The van der Waals surface area contributed by atoms with Crippen LogP contribution in [-0.2, 0) is 10.0 Å². The highest BCUT2D eigenvalue weighted by Gasteiger charge is 2.30. The Hall–Kier alpha value is -0.430. The molecule has 1 rings (SSSR count). The summed E-state index contributed by atoms with van der Waals surface area (Å²) >= 11 is 1.27. The molecule has 104 valence electrons. The molecule has 0 aromatic carbocycles. The molecule has 18 heavy (non-hydrogen) atoms. The maximum absolute atomic E-state index is 12.2. The van der Waals surface area contributed by atoms with Crippen LogP contribution < -0.4 is 10.5 Å². The van der Waals surface area contributed by atoms with E-state index in [1.165, 1.54) is 11.3 Å². The van der Waals surface area contributed by atoms with Crippen molar-refractivity contribution in [3.05, 3.63) is 17.0 Å². The van der Waals surface area contributed by atoms with Crippen LogP contribution >= 0.6 is 11.3 Å². The van der Waals surface area contributed by atoms with Crippen LogP contribution in [0.15, 0.2) is 16.3 Å². The van der Waals surface area contributed by atoms with Crippen LogP contribution in [0.1, 0.15) is 32.1 Å². The molecular formula is C12H22N2O2S2. The van der Waals surface area contributed by atoms with E-state index in [4.69, 9.17) is 5.73 Å². The molecule has 0 saturated heterocycles. The summed E-state index contributed by atoms with van der Waals surface area (Å²) in [5.41, 5.74) is 5.13. The van der Waals surface area contributed by atoms with Gasteiger partial charge in [-0.25, -0.2) is 13.1 Å². The van der Waals surface area contributed by atoms with Crippen molar-refractivity contribution >= 4 is 21.4 Å². The summed E-state index contributed by atoms with van der Waals surface area (Å²) in [5.74, 6) is 0.381. The van der Waals surface area contributed by atoms with E-state index in [0.717, 1.165) is 4.88 Å². The van der Waals surface area contributed by atoms with Crippen molar-refractivity contribution in [1.82, 2.24) is 4.72 Å². The van der Waals surface area contributed by atoms with Crippen molar-refractivity contribution in [3.8, 4) is 0 Å². The first-order chi connectivity index (χ1) is 8.18. The highest BCUT2D eigenvalue weighted by Crippen LogP contribution is 2.24. The third-order valence-corrected chi connectivity index (χ3v) is 5.80. The molecular weight excluding hydrogens is 268 g/mol. The Morgan fingerprint density at radius 2 is 2.06 bits per heavy atom. The summed E-state index contributed by atoms with van der Waals surface area (Å²) in [5, 5.41) is 0. The van der Waals surface area contributed by atoms with Crippen LogP contribution in [0.4, 0.5) is 0 Å². The predicted molar refractivity (Wildman–Crippen MR) is 76.3 cm³/mol. The van der Waals surface area contributed by atoms with Crippen molar-refractivity contribution < 1.29 is 8.42 Å². The fourth-order valence-corrected chi connectivity index (χ4v) is 4.71. The molecule has 0 amide bonds. The lowest BCUT2D eigenvalue weighted by molar-refractivity contribution is 0.345. The van der Waals surface area contributed by atoms with Crippen LogP contribution in [0.2, 0.25) is 0 Å². The monoisotopic (exact) mass is 290 g/mol. The van der Waals surface area contributed by atoms with Gasteiger partial charge < -0.3 is 5.73 Å². The zero-order valence-corrected chi connectivity index (χ0v) is 13.0. The van der Waals surface area contributed by atoms with Crippen LogP contribution in [0, 0.1) is 12.8 Å². The van der Waals surface area contributed by atoms with Gasteiger partial charge in [-0.15, -0.1) is 11.3 Å². The second kappa shape index (κ2) is 5.69. The molecule has 6 heteroatoms. The summed E-state index contributed by atoms with van der Waals surface area (Å²) in [6.07, 6.45) is 0.715. The Labute approximate surface area is 114 Å². The predicted octanol–water partition coefficient (Wildman–Crippen LogP) is 2.10. The fraction of sp³-hybridized carbons (Fsp3) is 0.667. The highest BCUT2D eigenvalue weighted by atomic mass is 32.2. The molecule has 0 saturated carbocycles. The first-order valence-electron chi connectivity index (χ1n) is 5.99. The average Bonchev–Trinajstić information content (AvgIpc) is 2.63. The zero-order chi connectivity index (χ0) is 14.0. The summed E-state index contributed by atoms with van der Waals surface area (Å²) in [6, 6.07) is 3.44. The number of rotatable bonds is 6. The fourth-order valence-electron chi connectivity index (χ4n) is 2.00. The summed E-state index contributed by atoms with van der Waals surface area (Å²) in [4.78, 5) is 0.980. The van der Waals surface area contributed by atoms with Gasteiger partial charge in [-0.3, -0.25) is 0 Å². The molecule has 0 radical (unpaired) electrons. The van der Waals surface area contributed by atoms with Crippen LogP contribution in [0.25, 0.3) is 0 Å². The lowest BCUT2D eigenvalue weighted by Crippen LogP contribution is -2.51. The summed E-state index contributed by atoms with van der Waals surface area (Å²) in [6.45, 7) is 8.13. The quantitative estimate of drug-likeness (QED) is 0.842. The lowest BCUT2D eigenvalue weighted by Gasteiger charge is -2.30. The van der Waals surface area contributed by atoms with E-state index in [2.05, 4.69) is 18.6 Å². The molecule has 1 atom stereocenters. The molecule has 1 aromatic heterocycles. The molecule has 3 N–H and O–H groups in total. The molecule has 0 bridgehead atoms. The first-order valence-corrected chi connectivity index (χ1v) is 8.29. The second-order valence-electron chi connectivity index (χ2n) is 5.33. The van der Waals surface area contributed by atoms with Crippen molar-refractivity contribution in [2.24, 2.45) is 11.7 Å². The van der Waals surface area contributed by atoms with E-state index >= 15 is 0 Å². The molecule has 4 nitrogen and oxygen atoms in total. The molecule has 0 aliphatic rings. The largest absolute Gasteiger partial charge is 0.329 e. The minimum Gasteiger partial charge on any atom is -0.329 e. The van der Waals surface area contributed by atoms with Gasteiger partial charge in [0, 0.05) is 17.0 Å². The molecule has 1 heterocycles. The number of sulfonamides is 1. The Bertz CT molecular complexity index is 494. The van der Waals surface area contributed by atoms with Gasteiger partial charge in [0.05, 0.1) is 0 Å². The Morgan fingerprint density at radius 1 is 1.44 bits per heavy atom. The molecule has 1 aromatic rings. The molecule has 0 spiro atoms. The van der Waals surface area contributed by atoms with Gasteiger partial charge in [0.1, 0.15) is 4.21 Å². The van der Waals surface area contributed by atoms with Crippen LogP contribution in [-0.4, -0.2) is 20.5 Å². The lowest BCUT2D eigenvalue weighted by atomic mass is 9.92. The maximum Gasteiger partial charge on any atom is 0.250 e. The van der Waals surface area contributed by atoms with Crippen LogP contribution in [0.5, 0.6) is 0 Å². The maximum atomic E-state index is 12.2. The first kappa shape index (κ1) is 15.6. The number of nitrogens with one attached hydrogen (secondary N) is 1. The van der Waals surface area contributed by atoms with Crippen LogP contribution in [0.3, 0.4) is 0 Å². The number of hydrogen-bond donors (Lipinski definition) is 2. The van der Waals surface area contributed by atoms with Crippen molar-refractivity contribution in [1.29, 1.82) is 0 Å².